The van der Waals surface area contributed by atoms with E-state index in [0.717, 1.165) is 43.4 Å². The lowest BCUT2D eigenvalue weighted by molar-refractivity contribution is -0.156. The zero-order chi connectivity index (χ0) is 18.1. The van der Waals surface area contributed by atoms with E-state index in [1.807, 2.05) is 6.92 Å². The number of fused-ring (bicyclic) bond motifs is 3. The standard InChI is InChI=1S/C18H24N2O4S/c1-2-3-11-8-12(15(19)21)17(25-11)20-16(22)13-9-4-6-10(7-5-9)14(13)18(23)24/h8-10,13-14H,2-7H2,1H3,(H2,19,21)(H,20,22)(H,23,24)/t9?,10?,13-,14+/m0/s1. The Labute approximate surface area is 150 Å². The third-order valence-electron chi connectivity index (χ3n) is 5.59. The molecule has 4 N–H and O–H groups in total. The molecular weight excluding hydrogens is 340 g/mol. The van der Waals surface area contributed by atoms with Crippen LogP contribution in [0.4, 0.5) is 5.00 Å². The van der Waals surface area contributed by atoms with E-state index in [-0.39, 0.29) is 17.7 Å². The summed E-state index contributed by atoms with van der Waals surface area (Å²) in [4.78, 5) is 37.3. The van der Waals surface area contributed by atoms with Crippen LogP contribution in [-0.2, 0) is 16.0 Å². The number of aryl methyl sites for hydroxylation is 1. The number of amides is 2. The minimum Gasteiger partial charge on any atom is -0.481 e. The molecule has 0 unspecified atom stereocenters. The van der Waals surface area contributed by atoms with E-state index in [9.17, 15) is 19.5 Å². The van der Waals surface area contributed by atoms with E-state index < -0.39 is 23.7 Å². The molecule has 3 saturated carbocycles. The predicted octanol–water partition coefficient (Wildman–Crippen LogP) is 2.88. The van der Waals surface area contributed by atoms with Gasteiger partial charge in [0.15, 0.2) is 0 Å². The van der Waals surface area contributed by atoms with E-state index in [4.69, 9.17) is 5.73 Å². The van der Waals surface area contributed by atoms with Crippen LogP contribution in [0.25, 0.3) is 0 Å². The molecule has 2 bridgehead atoms. The maximum Gasteiger partial charge on any atom is 0.307 e. The number of rotatable bonds is 6. The minimum atomic E-state index is -0.887. The number of primary amides is 1. The highest BCUT2D eigenvalue weighted by Gasteiger charge is 2.50. The third-order valence-corrected chi connectivity index (χ3v) is 6.70. The van der Waals surface area contributed by atoms with Crippen LogP contribution in [0.3, 0.4) is 0 Å². The summed E-state index contributed by atoms with van der Waals surface area (Å²) in [5, 5.41) is 12.9. The molecule has 2 amide bonds. The summed E-state index contributed by atoms with van der Waals surface area (Å²) in [5.74, 6) is -2.71. The van der Waals surface area contributed by atoms with Gasteiger partial charge < -0.3 is 16.2 Å². The molecule has 25 heavy (non-hydrogen) atoms. The summed E-state index contributed by atoms with van der Waals surface area (Å²) in [6.45, 7) is 2.04. The van der Waals surface area contributed by atoms with Crippen molar-refractivity contribution < 1.29 is 19.5 Å². The topological polar surface area (TPSA) is 109 Å². The molecule has 0 aromatic carbocycles. The lowest BCUT2D eigenvalue weighted by atomic mass is 9.58. The molecule has 7 heteroatoms. The van der Waals surface area contributed by atoms with Gasteiger partial charge in [0.05, 0.1) is 17.4 Å². The molecule has 1 heterocycles. The molecule has 0 saturated heterocycles. The van der Waals surface area contributed by atoms with Crippen LogP contribution in [0.1, 0.15) is 54.3 Å². The Morgan fingerprint density at radius 2 is 1.80 bits per heavy atom. The van der Waals surface area contributed by atoms with Gasteiger partial charge in [0, 0.05) is 4.88 Å². The number of thiophene rings is 1. The molecule has 136 valence electrons. The van der Waals surface area contributed by atoms with Gasteiger partial charge in [0.25, 0.3) is 5.91 Å². The van der Waals surface area contributed by atoms with Crippen LogP contribution in [0, 0.1) is 23.7 Å². The number of nitrogens with two attached hydrogens (primary N) is 1. The smallest absolute Gasteiger partial charge is 0.307 e. The average Bonchev–Trinajstić information content (AvgIpc) is 2.98. The number of carbonyl (C=O) groups excluding carboxylic acids is 2. The SMILES string of the molecule is CCCc1cc(C(N)=O)c(NC(=O)[C@H]2C3CCC(CC3)[C@H]2C(=O)O)s1. The summed E-state index contributed by atoms with van der Waals surface area (Å²) in [6.07, 6.45) is 5.32. The molecular formula is C18H24N2O4S. The Hall–Kier alpha value is -1.89. The number of hydrogen-bond acceptors (Lipinski definition) is 4. The summed E-state index contributed by atoms with van der Waals surface area (Å²) >= 11 is 1.35. The molecule has 0 aliphatic heterocycles. The van der Waals surface area contributed by atoms with Crippen molar-refractivity contribution in [3.05, 3.63) is 16.5 Å². The lowest BCUT2D eigenvalue weighted by Gasteiger charge is -2.45. The van der Waals surface area contributed by atoms with Crippen molar-refractivity contribution >= 4 is 34.1 Å². The highest BCUT2D eigenvalue weighted by molar-refractivity contribution is 7.16. The molecule has 6 nitrogen and oxygen atoms in total. The van der Waals surface area contributed by atoms with Gasteiger partial charge in [0.2, 0.25) is 5.91 Å². The van der Waals surface area contributed by atoms with E-state index >= 15 is 0 Å². The molecule has 4 rings (SSSR count). The quantitative estimate of drug-likeness (QED) is 0.721. The molecule has 3 fully saturated rings. The average molecular weight is 364 g/mol. The van der Waals surface area contributed by atoms with Crippen LogP contribution in [-0.4, -0.2) is 22.9 Å². The van der Waals surface area contributed by atoms with Crippen LogP contribution in [0.15, 0.2) is 6.07 Å². The van der Waals surface area contributed by atoms with Gasteiger partial charge in [-0.2, -0.15) is 0 Å². The Morgan fingerprint density at radius 3 is 2.32 bits per heavy atom. The van der Waals surface area contributed by atoms with E-state index in [2.05, 4.69) is 5.32 Å². The van der Waals surface area contributed by atoms with Gasteiger partial charge in [-0.05, 0) is 50.0 Å². The molecule has 0 spiro atoms. The summed E-state index contributed by atoms with van der Waals surface area (Å²) in [6, 6.07) is 1.73. The molecule has 2 atom stereocenters. The Kier molecular flexibility index (Phi) is 5.13. The van der Waals surface area contributed by atoms with Gasteiger partial charge in [-0.15, -0.1) is 11.3 Å². The minimum absolute atomic E-state index is 0.0767. The first-order valence-electron chi connectivity index (χ1n) is 8.88. The Morgan fingerprint density at radius 1 is 1.20 bits per heavy atom. The van der Waals surface area contributed by atoms with Crippen molar-refractivity contribution in [1.82, 2.24) is 0 Å². The van der Waals surface area contributed by atoms with Crippen molar-refractivity contribution in [2.24, 2.45) is 29.4 Å². The highest BCUT2D eigenvalue weighted by Crippen LogP contribution is 2.49. The summed E-state index contributed by atoms with van der Waals surface area (Å²) < 4.78 is 0. The van der Waals surface area contributed by atoms with Crippen LogP contribution >= 0.6 is 11.3 Å². The Balaban J connectivity index is 1.84. The first-order valence-corrected chi connectivity index (χ1v) is 9.70. The van der Waals surface area contributed by atoms with Gasteiger partial charge in [-0.25, -0.2) is 0 Å². The largest absolute Gasteiger partial charge is 0.481 e. The lowest BCUT2D eigenvalue weighted by Crippen LogP contribution is -2.49. The number of carboxylic acids is 1. The number of nitrogens with one attached hydrogen (secondary N) is 1. The van der Waals surface area contributed by atoms with Gasteiger partial charge >= 0.3 is 5.97 Å². The van der Waals surface area contributed by atoms with Crippen molar-refractivity contribution in [2.75, 3.05) is 5.32 Å². The normalized spacial score (nSPS) is 27.9. The van der Waals surface area contributed by atoms with Crippen molar-refractivity contribution in [2.45, 2.75) is 45.4 Å². The number of aliphatic carboxylic acids is 1. The fourth-order valence-corrected chi connectivity index (χ4v) is 5.63. The molecule has 3 aliphatic rings. The second kappa shape index (κ2) is 7.15. The van der Waals surface area contributed by atoms with E-state index in [1.54, 1.807) is 6.07 Å². The molecule has 3 aliphatic carbocycles. The van der Waals surface area contributed by atoms with Gasteiger partial charge in [-0.3, -0.25) is 14.4 Å². The number of hydrogen-bond donors (Lipinski definition) is 3. The number of anilines is 1. The first kappa shape index (κ1) is 17.9. The highest BCUT2D eigenvalue weighted by atomic mass is 32.1. The van der Waals surface area contributed by atoms with Crippen molar-refractivity contribution in [1.29, 1.82) is 0 Å². The van der Waals surface area contributed by atoms with Crippen molar-refractivity contribution in [3.63, 3.8) is 0 Å². The molecule has 1 aromatic rings. The van der Waals surface area contributed by atoms with E-state index in [0.29, 0.717) is 10.6 Å². The second-order valence-corrected chi connectivity index (χ2v) is 8.26. The Bertz CT molecular complexity index is 691. The van der Waals surface area contributed by atoms with E-state index in [1.165, 1.54) is 11.3 Å². The monoisotopic (exact) mass is 364 g/mol. The second-order valence-electron chi connectivity index (χ2n) is 7.12. The third kappa shape index (κ3) is 3.42. The zero-order valence-electron chi connectivity index (χ0n) is 14.3. The number of carboxylic acid groups (broad SMARTS) is 1. The molecule has 0 radical (unpaired) electrons. The predicted molar refractivity (Wildman–Crippen MR) is 95.5 cm³/mol. The molecule has 1 aromatic heterocycles. The van der Waals surface area contributed by atoms with Gasteiger partial charge in [-0.1, -0.05) is 13.3 Å². The van der Waals surface area contributed by atoms with Gasteiger partial charge in [0.1, 0.15) is 5.00 Å². The first-order chi connectivity index (χ1) is 11.9. The maximum absolute atomic E-state index is 12.9. The van der Waals surface area contributed by atoms with Crippen LogP contribution in [0.2, 0.25) is 0 Å². The maximum atomic E-state index is 12.9. The number of carbonyl (C=O) groups is 3. The zero-order valence-corrected chi connectivity index (χ0v) is 15.1. The van der Waals surface area contributed by atoms with Crippen LogP contribution in [0.5, 0.6) is 0 Å². The summed E-state index contributed by atoms with van der Waals surface area (Å²) in [7, 11) is 0. The van der Waals surface area contributed by atoms with Crippen molar-refractivity contribution in [3.8, 4) is 0 Å². The summed E-state index contributed by atoms with van der Waals surface area (Å²) in [5.41, 5.74) is 5.75. The fourth-order valence-electron chi connectivity index (χ4n) is 4.46. The fraction of sp³-hybridized carbons (Fsp3) is 0.611. The van der Waals surface area contributed by atoms with Crippen LogP contribution < -0.4 is 11.1 Å².